The Bertz CT molecular complexity index is 461. The van der Waals surface area contributed by atoms with Crippen LogP contribution in [0.2, 0.25) is 0 Å². The molecule has 0 heterocycles. The van der Waals surface area contributed by atoms with Crippen LogP contribution in [-0.2, 0) is 11.2 Å². The van der Waals surface area contributed by atoms with E-state index in [9.17, 15) is 4.79 Å². The van der Waals surface area contributed by atoms with Crippen LogP contribution in [0.1, 0.15) is 25.0 Å². The Kier molecular flexibility index (Phi) is 6.85. The van der Waals surface area contributed by atoms with E-state index in [0.29, 0.717) is 19.1 Å². The summed E-state index contributed by atoms with van der Waals surface area (Å²) in [7, 11) is 1.65. The summed E-state index contributed by atoms with van der Waals surface area (Å²) < 4.78 is 11.4. The minimum absolute atomic E-state index is 0.343. The first kappa shape index (κ1) is 16.8. The van der Waals surface area contributed by atoms with Gasteiger partial charge in [0.2, 0.25) is 0 Å². The van der Waals surface area contributed by atoms with Gasteiger partial charge in [-0.3, -0.25) is 0 Å². The zero-order chi connectivity index (χ0) is 15.1. The van der Waals surface area contributed by atoms with Crippen molar-refractivity contribution in [3.05, 3.63) is 27.7 Å². The van der Waals surface area contributed by atoms with Gasteiger partial charge < -0.3 is 14.8 Å². The first-order chi connectivity index (χ1) is 9.45. The normalized spacial score (nSPS) is 10.5. The summed E-state index contributed by atoms with van der Waals surface area (Å²) >= 11 is 3.53. The van der Waals surface area contributed by atoms with Gasteiger partial charge >= 0.3 is 6.09 Å². The van der Waals surface area contributed by atoms with Crippen LogP contribution in [0.5, 0.6) is 5.75 Å². The van der Waals surface area contributed by atoms with Crippen molar-refractivity contribution in [2.24, 2.45) is 5.92 Å². The van der Waals surface area contributed by atoms with Gasteiger partial charge in [0, 0.05) is 11.0 Å². The number of hydrogen-bond donors (Lipinski definition) is 1. The molecule has 112 valence electrons. The third kappa shape index (κ3) is 5.04. The zero-order valence-corrected chi connectivity index (χ0v) is 14.0. The summed E-state index contributed by atoms with van der Waals surface area (Å²) in [5.41, 5.74) is 2.22. The van der Waals surface area contributed by atoms with Crippen molar-refractivity contribution in [2.45, 2.75) is 27.2 Å². The third-order valence-corrected chi connectivity index (χ3v) is 3.65. The van der Waals surface area contributed by atoms with Gasteiger partial charge in [0.15, 0.2) is 0 Å². The summed E-state index contributed by atoms with van der Waals surface area (Å²) in [6.45, 7) is 6.99. The fourth-order valence-corrected chi connectivity index (χ4v) is 2.44. The highest BCUT2D eigenvalue weighted by atomic mass is 79.9. The Hall–Kier alpha value is -1.23. The molecule has 1 N–H and O–H groups in total. The molecule has 0 fully saturated rings. The van der Waals surface area contributed by atoms with Crippen LogP contribution in [0.25, 0.3) is 0 Å². The van der Waals surface area contributed by atoms with Crippen LogP contribution in [-0.4, -0.2) is 26.4 Å². The molecule has 1 aromatic carbocycles. The largest absolute Gasteiger partial charge is 0.496 e. The first-order valence-corrected chi connectivity index (χ1v) is 7.47. The van der Waals surface area contributed by atoms with Gasteiger partial charge in [0.05, 0.1) is 13.7 Å². The molecular formula is C15H22BrNO3. The SMILES string of the molecule is COc1ccc(Br)c(CCNC(=O)OCC(C)C)c1C. The molecule has 20 heavy (non-hydrogen) atoms. The van der Waals surface area contributed by atoms with Crippen molar-refractivity contribution in [3.63, 3.8) is 0 Å². The van der Waals surface area contributed by atoms with E-state index in [1.165, 1.54) is 0 Å². The molecule has 0 unspecified atom stereocenters. The second kappa shape index (κ2) is 8.15. The average molecular weight is 344 g/mol. The number of amides is 1. The van der Waals surface area contributed by atoms with Crippen molar-refractivity contribution in [1.82, 2.24) is 5.32 Å². The van der Waals surface area contributed by atoms with Crippen molar-refractivity contribution in [3.8, 4) is 5.75 Å². The Morgan fingerprint density at radius 3 is 2.70 bits per heavy atom. The molecule has 4 nitrogen and oxygen atoms in total. The maximum Gasteiger partial charge on any atom is 0.407 e. The highest BCUT2D eigenvalue weighted by Crippen LogP contribution is 2.28. The van der Waals surface area contributed by atoms with Crippen LogP contribution in [0.4, 0.5) is 4.79 Å². The lowest BCUT2D eigenvalue weighted by molar-refractivity contribution is 0.133. The molecule has 1 aromatic rings. The van der Waals surface area contributed by atoms with Gasteiger partial charge in [-0.25, -0.2) is 4.79 Å². The van der Waals surface area contributed by atoms with Gasteiger partial charge in [-0.15, -0.1) is 0 Å². The van der Waals surface area contributed by atoms with Gasteiger partial charge in [-0.05, 0) is 42.5 Å². The maximum atomic E-state index is 11.5. The van der Waals surface area contributed by atoms with E-state index < -0.39 is 0 Å². The summed E-state index contributed by atoms with van der Waals surface area (Å²) in [6, 6.07) is 3.88. The predicted molar refractivity (Wildman–Crippen MR) is 83.3 cm³/mol. The van der Waals surface area contributed by atoms with Crippen molar-refractivity contribution < 1.29 is 14.3 Å². The van der Waals surface area contributed by atoms with E-state index in [2.05, 4.69) is 21.2 Å². The molecule has 0 radical (unpaired) electrons. The van der Waals surface area contributed by atoms with Gasteiger partial charge in [0.1, 0.15) is 5.75 Å². The van der Waals surface area contributed by atoms with Crippen LogP contribution < -0.4 is 10.1 Å². The van der Waals surface area contributed by atoms with E-state index in [0.717, 1.165) is 27.8 Å². The smallest absolute Gasteiger partial charge is 0.407 e. The number of methoxy groups -OCH3 is 1. The highest BCUT2D eigenvalue weighted by molar-refractivity contribution is 9.10. The van der Waals surface area contributed by atoms with Crippen LogP contribution >= 0.6 is 15.9 Å². The van der Waals surface area contributed by atoms with Crippen molar-refractivity contribution in [2.75, 3.05) is 20.3 Å². The van der Waals surface area contributed by atoms with E-state index in [-0.39, 0.29) is 6.09 Å². The van der Waals surface area contributed by atoms with Crippen LogP contribution in [0.3, 0.4) is 0 Å². The van der Waals surface area contributed by atoms with Gasteiger partial charge in [-0.1, -0.05) is 29.8 Å². The van der Waals surface area contributed by atoms with Gasteiger partial charge in [-0.2, -0.15) is 0 Å². The molecule has 1 amide bonds. The molecule has 0 saturated carbocycles. The monoisotopic (exact) mass is 343 g/mol. The number of carbonyl (C=O) groups is 1. The number of nitrogens with one attached hydrogen (secondary N) is 1. The predicted octanol–water partition coefficient (Wildman–Crippen LogP) is 3.69. The van der Waals surface area contributed by atoms with Crippen molar-refractivity contribution in [1.29, 1.82) is 0 Å². The molecule has 0 atom stereocenters. The van der Waals surface area contributed by atoms with Gasteiger partial charge in [0.25, 0.3) is 0 Å². The lowest BCUT2D eigenvalue weighted by Crippen LogP contribution is -2.27. The number of hydrogen-bond acceptors (Lipinski definition) is 3. The second-order valence-corrected chi connectivity index (χ2v) is 5.88. The van der Waals surface area contributed by atoms with E-state index in [4.69, 9.17) is 9.47 Å². The summed E-state index contributed by atoms with van der Waals surface area (Å²) in [5, 5.41) is 2.76. The molecule has 5 heteroatoms. The number of rotatable bonds is 6. The first-order valence-electron chi connectivity index (χ1n) is 6.68. The maximum absolute atomic E-state index is 11.5. The molecule has 0 aliphatic rings. The molecule has 0 spiro atoms. The Labute approximate surface area is 129 Å². The van der Waals surface area contributed by atoms with E-state index in [1.807, 2.05) is 32.9 Å². The Morgan fingerprint density at radius 1 is 1.40 bits per heavy atom. The fourth-order valence-electron chi connectivity index (χ4n) is 1.81. The molecule has 0 saturated heterocycles. The summed E-state index contributed by atoms with van der Waals surface area (Å²) in [6.07, 6.45) is 0.357. The molecular weight excluding hydrogens is 322 g/mol. The summed E-state index contributed by atoms with van der Waals surface area (Å²) in [5.74, 6) is 1.20. The molecule has 0 aliphatic heterocycles. The molecule has 0 bridgehead atoms. The molecule has 0 aromatic heterocycles. The van der Waals surface area contributed by atoms with Crippen LogP contribution in [0.15, 0.2) is 16.6 Å². The second-order valence-electron chi connectivity index (χ2n) is 5.02. The van der Waals surface area contributed by atoms with Crippen molar-refractivity contribution >= 4 is 22.0 Å². The number of alkyl carbamates (subject to hydrolysis) is 1. The number of carbonyl (C=O) groups excluding carboxylic acids is 1. The number of benzene rings is 1. The summed E-state index contributed by atoms with van der Waals surface area (Å²) in [4.78, 5) is 11.5. The topological polar surface area (TPSA) is 47.6 Å². The quantitative estimate of drug-likeness (QED) is 0.856. The minimum atomic E-state index is -0.365. The lowest BCUT2D eigenvalue weighted by atomic mass is 10.0. The average Bonchev–Trinajstić information content (AvgIpc) is 2.40. The number of halogens is 1. The van der Waals surface area contributed by atoms with E-state index in [1.54, 1.807) is 7.11 Å². The van der Waals surface area contributed by atoms with E-state index >= 15 is 0 Å². The third-order valence-electron chi connectivity index (χ3n) is 2.90. The Balaban J connectivity index is 2.52. The standard InChI is InChI=1S/C15H22BrNO3/c1-10(2)9-20-15(18)17-8-7-12-11(3)14(19-4)6-5-13(12)16/h5-6,10H,7-9H2,1-4H3,(H,17,18). The Morgan fingerprint density at radius 2 is 2.10 bits per heavy atom. The zero-order valence-electron chi connectivity index (χ0n) is 12.5. The lowest BCUT2D eigenvalue weighted by Gasteiger charge is -2.13. The highest BCUT2D eigenvalue weighted by Gasteiger charge is 2.10. The minimum Gasteiger partial charge on any atom is -0.496 e. The molecule has 1 rings (SSSR count). The van der Waals surface area contributed by atoms with Crippen LogP contribution in [0, 0.1) is 12.8 Å². The number of ether oxygens (including phenoxy) is 2. The fraction of sp³-hybridized carbons (Fsp3) is 0.533. The molecule has 0 aliphatic carbocycles.